The van der Waals surface area contributed by atoms with Crippen molar-refractivity contribution in [1.82, 2.24) is 10.2 Å². The number of hydrogen-bond donors (Lipinski definition) is 1. The van der Waals surface area contributed by atoms with Gasteiger partial charge in [0, 0.05) is 19.8 Å². The molecular formula is C5H10N2O. The number of carbonyl (C=O) groups is 1. The number of rotatable bonds is 2. The molecule has 3 heteroatoms. The van der Waals surface area contributed by atoms with Crippen LogP contribution < -0.4 is 5.32 Å². The molecule has 1 saturated heterocycles. The fourth-order valence-corrected chi connectivity index (χ4v) is 0.815. The van der Waals surface area contributed by atoms with E-state index < -0.39 is 0 Å². The van der Waals surface area contributed by atoms with E-state index in [2.05, 4.69) is 10.2 Å². The molecule has 1 heterocycles. The Labute approximate surface area is 48.7 Å². The van der Waals surface area contributed by atoms with Gasteiger partial charge in [-0.2, -0.15) is 0 Å². The molecule has 1 aliphatic heterocycles. The Morgan fingerprint density at radius 2 is 2.62 bits per heavy atom. The predicted molar refractivity (Wildman–Crippen MR) is 30.5 cm³/mol. The third-order valence-electron chi connectivity index (χ3n) is 1.27. The lowest BCUT2D eigenvalue weighted by molar-refractivity contribution is -0.108. The van der Waals surface area contributed by atoms with E-state index in [9.17, 15) is 4.79 Å². The Balaban J connectivity index is 2.14. The molecule has 0 aromatic rings. The van der Waals surface area contributed by atoms with Crippen molar-refractivity contribution in [2.45, 2.75) is 0 Å². The predicted octanol–water partition coefficient (Wildman–Crippen LogP) is -0.952. The zero-order chi connectivity index (χ0) is 5.82. The molecule has 3 nitrogen and oxygen atoms in total. The monoisotopic (exact) mass is 114 g/mol. The van der Waals surface area contributed by atoms with Crippen LogP contribution in [0.2, 0.25) is 0 Å². The minimum Gasteiger partial charge on any atom is -0.303 e. The van der Waals surface area contributed by atoms with Crippen LogP contribution in [0.25, 0.3) is 0 Å². The lowest BCUT2D eigenvalue weighted by atomic mass is 10.6. The summed E-state index contributed by atoms with van der Waals surface area (Å²) in [5, 5.41) is 3.12. The van der Waals surface area contributed by atoms with E-state index in [4.69, 9.17) is 0 Å². The Bertz CT molecular complexity index is 78.5. The highest BCUT2D eigenvalue weighted by Gasteiger charge is 2.07. The summed E-state index contributed by atoms with van der Waals surface area (Å²) in [6.07, 6.45) is 0.938. The van der Waals surface area contributed by atoms with Crippen molar-refractivity contribution in [2.24, 2.45) is 0 Å². The first-order chi connectivity index (χ1) is 3.93. The molecule has 0 aliphatic carbocycles. The topological polar surface area (TPSA) is 32.3 Å². The summed E-state index contributed by atoms with van der Waals surface area (Å²) in [6.45, 7) is 3.48. The molecule has 1 aliphatic rings. The average molecular weight is 114 g/mol. The van der Waals surface area contributed by atoms with Crippen molar-refractivity contribution < 1.29 is 4.79 Å². The molecule has 0 saturated carbocycles. The van der Waals surface area contributed by atoms with Crippen LogP contribution in [0.5, 0.6) is 0 Å². The number of carbonyl (C=O) groups excluding carboxylic acids is 1. The van der Waals surface area contributed by atoms with E-state index in [1.807, 2.05) is 0 Å². The van der Waals surface area contributed by atoms with Gasteiger partial charge in [0.25, 0.3) is 0 Å². The van der Waals surface area contributed by atoms with Crippen LogP contribution in [0.3, 0.4) is 0 Å². The zero-order valence-corrected chi connectivity index (χ0v) is 4.76. The minimum absolute atomic E-state index is 0.576. The maximum Gasteiger partial charge on any atom is 0.134 e. The van der Waals surface area contributed by atoms with Gasteiger partial charge in [0.15, 0.2) is 0 Å². The van der Waals surface area contributed by atoms with Crippen LogP contribution in [0, 0.1) is 0 Å². The van der Waals surface area contributed by atoms with Crippen molar-refractivity contribution >= 4 is 6.29 Å². The third kappa shape index (κ3) is 1.28. The zero-order valence-electron chi connectivity index (χ0n) is 4.76. The van der Waals surface area contributed by atoms with E-state index in [0.717, 1.165) is 26.0 Å². The van der Waals surface area contributed by atoms with Gasteiger partial charge in [0.05, 0.1) is 6.54 Å². The maximum atomic E-state index is 9.89. The smallest absolute Gasteiger partial charge is 0.134 e. The van der Waals surface area contributed by atoms with E-state index >= 15 is 0 Å². The molecule has 0 bridgehead atoms. The second kappa shape index (κ2) is 2.79. The van der Waals surface area contributed by atoms with Gasteiger partial charge < -0.3 is 10.1 Å². The highest BCUT2D eigenvalue weighted by Crippen LogP contribution is 1.87. The Morgan fingerprint density at radius 3 is 3.12 bits per heavy atom. The molecule has 0 aromatic carbocycles. The Morgan fingerprint density at radius 1 is 1.75 bits per heavy atom. The van der Waals surface area contributed by atoms with Crippen molar-refractivity contribution in [3.63, 3.8) is 0 Å². The van der Waals surface area contributed by atoms with Gasteiger partial charge in [-0.15, -0.1) is 0 Å². The number of aldehydes is 1. The van der Waals surface area contributed by atoms with Crippen molar-refractivity contribution in [3.05, 3.63) is 0 Å². The fourth-order valence-electron chi connectivity index (χ4n) is 0.815. The lowest BCUT2D eigenvalue weighted by Crippen LogP contribution is -2.23. The van der Waals surface area contributed by atoms with Crippen LogP contribution in [-0.4, -0.2) is 37.5 Å². The van der Waals surface area contributed by atoms with Crippen LogP contribution >= 0.6 is 0 Å². The molecule has 0 radical (unpaired) electrons. The maximum absolute atomic E-state index is 9.89. The first-order valence-electron chi connectivity index (χ1n) is 2.80. The first kappa shape index (κ1) is 5.72. The van der Waals surface area contributed by atoms with Gasteiger partial charge >= 0.3 is 0 Å². The summed E-state index contributed by atoms with van der Waals surface area (Å²) in [4.78, 5) is 12.0. The number of hydrogen-bond acceptors (Lipinski definition) is 3. The molecule has 0 unspecified atom stereocenters. The van der Waals surface area contributed by atoms with Gasteiger partial charge in [0.2, 0.25) is 0 Å². The van der Waals surface area contributed by atoms with Crippen LogP contribution in [0.1, 0.15) is 0 Å². The van der Waals surface area contributed by atoms with Crippen LogP contribution in [0.15, 0.2) is 0 Å². The molecule has 46 valence electrons. The first-order valence-corrected chi connectivity index (χ1v) is 2.80. The highest BCUT2D eigenvalue weighted by molar-refractivity contribution is 5.51. The molecule has 8 heavy (non-hydrogen) atoms. The summed E-state index contributed by atoms with van der Waals surface area (Å²) in [6, 6.07) is 0. The van der Waals surface area contributed by atoms with Crippen molar-refractivity contribution in [2.75, 3.05) is 26.3 Å². The minimum atomic E-state index is 0.576. The van der Waals surface area contributed by atoms with Crippen LogP contribution in [-0.2, 0) is 4.79 Å². The Kier molecular flexibility index (Phi) is 2.00. The van der Waals surface area contributed by atoms with E-state index in [-0.39, 0.29) is 0 Å². The average Bonchev–Trinajstić information content (AvgIpc) is 2.19. The highest BCUT2D eigenvalue weighted by atomic mass is 16.1. The standard InChI is InChI=1S/C5H10N2O/c8-4-3-7-2-1-6-5-7/h4,6H,1-3,5H2. The van der Waals surface area contributed by atoms with E-state index in [1.165, 1.54) is 0 Å². The quantitative estimate of drug-likeness (QED) is 0.470. The molecule has 1 rings (SSSR count). The fraction of sp³-hybridized carbons (Fsp3) is 0.800. The third-order valence-corrected chi connectivity index (χ3v) is 1.27. The summed E-state index contributed by atoms with van der Waals surface area (Å²) in [7, 11) is 0. The van der Waals surface area contributed by atoms with Crippen LogP contribution in [0.4, 0.5) is 0 Å². The molecule has 0 atom stereocenters. The normalized spacial score (nSPS) is 21.5. The largest absolute Gasteiger partial charge is 0.303 e. The second-order valence-electron chi connectivity index (χ2n) is 1.90. The number of nitrogens with zero attached hydrogens (tertiary/aromatic N) is 1. The Hall–Kier alpha value is -0.410. The lowest BCUT2D eigenvalue weighted by Gasteiger charge is -2.06. The molecule has 0 aromatic heterocycles. The van der Waals surface area contributed by atoms with Crippen molar-refractivity contribution in [3.8, 4) is 0 Å². The van der Waals surface area contributed by atoms with E-state index in [1.54, 1.807) is 0 Å². The molecule has 0 spiro atoms. The van der Waals surface area contributed by atoms with Gasteiger partial charge in [0.1, 0.15) is 6.29 Å². The van der Waals surface area contributed by atoms with Gasteiger partial charge in [-0.3, -0.25) is 4.90 Å². The molecular weight excluding hydrogens is 104 g/mol. The summed E-state index contributed by atoms with van der Waals surface area (Å²) >= 11 is 0. The molecule has 0 amide bonds. The molecule has 1 fully saturated rings. The summed E-state index contributed by atoms with van der Waals surface area (Å²) in [5.41, 5.74) is 0. The second-order valence-corrected chi connectivity index (χ2v) is 1.90. The summed E-state index contributed by atoms with van der Waals surface area (Å²) in [5.74, 6) is 0. The van der Waals surface area contributed by atoms with Crippen molar-refractivity contribution in [1.29, 1.82) is 0 Å². The van der Waals surface area contributed by atoms with Gasteiger partial charge in [-0.25, -0.2) is 0 Å². The molecule has 1 N–H and O–H groups in total. The summed E-state index contributed by atoms with van der Waals surface area (Å²) < 4.78 is 0. The number of nitrogens with one attached hydrogen (secondary N) is 1. The van der Waals surface area contributed by atoms with Gasteiger partial charge in [-0.05, 0) is 0 Å². The van der Waals surface area contributed by atoms with E-state index in [0.29, 0.717) is 6.54 Å². The van der Waals surface area contributed by atoms with Gasteiger partial charge in [-0.1, -0.05) is 0 Å². The SMILES string of the molecule is O=CCN1CCNC1.